The van der Waals surface area contributed by atoms with E-state index in [1.165, 1.54) is 6.92 Å². The zero-order chi connectivity index (χ0) is 32.6. The summed E-state index contributed by atoms with van der Waals surface area (Å²) in [6, 6.07) is 5.05. The molecule has 0 aliphatic carbocycles. The SMILES string of the molecule is CO[C@@H](CC[C@H](C)[C@H]1O[C@@]23C[C@H](OC(=O)C[C@H]([C@@H](C)O)OC(=O)/C=C(/O2)[C@@](C)(OO)CC3(C)C)[C@@H]1C)c1cc(O)ccc1Br. The number of aromatic hydroxyl groups is 1. The maximum atomic E-state index is 13.2. The highest BCUT2D eigenvalue weighted by Crippen LogP contribution is 2.57. The molecule has 0 radical (unpaired) electrons. The van der Waals surface area contributed by atoms with Crippen LogP contribution in [0.1, 0.15) is 85.3 Å². The number of benzene rings is 1. The van der Waals surface area contributed by atoms with Crippen molar-refractivity contribution in [1.29, 1.82) is 0 Å². The first-order chi connectivity index (χ1) is 20.5. The van der Waals surface area contributed by atoms with Crippen LogP contribution in [0.2, 0.25) is 0 Å². The summed E-state index contributed by atoms with van der Waals surface area (Å²) in [7, 11) is 1.62. The topological polar surface area (TPSA) is 150 Å². The second-order valence-electron chi connectivity index (χ2n) is 13.3. The van der Waals surface area contributed by atoms with Crippen LogP contribution in [0.4, 0.5) is 0 Å². The van der Waals surface area contributed by atoms with E-state index in [1.54, 1.807) is 32.2 Å². The second kappa shape index (κ2) is 13.3. The van der Waals surface area contributed by atoms with E-state index < -0.39 is 53.2 Å². The lowest BCUT2D eigenvalue weighted by atomic mass is 9.66. The molecule has 1 aromatic carbocycles. The molecular formula is C32H45BrO11. The molecule has 1 spiro atoms. The zero-order valence-corrected chi connectivity index (χ0v) is 28.0. The fraction of sp³-hybridized carbons (Fsp3) is 0.688. The molecule has 3 aliphatic heterocycles. The van der Waals surface area contributed by atoms with Crippen molar-refractivity contribution >= 4 is 27.9 Å². The van der Waals surface area contributed by atoms with Crippen LogP contribution < -0.4 is 0 Å². The summed E-state index contributed by atoms with van der Waals surface area (Å²) in [6.45, 7) is 10.9. The zero-order valence-electron chi connectivity index (χ0n) is 26.4. The fourth-order valence-electron chi connectivity index (χ4n) is 6.81. The third-order valence-electron chi connectivity index (χ3n) is 9.47. The second-order valence-corrected chi connectivity index (χ2v) is 14.2. The molecular weight excluding hydrogens is 640 g/mol. The molecule has 0 amide bonds. The molecule has 11 nitrogen and oxygen atoms in total. The lowest BCUT2D eigenvalue weighted by Gasteiger charge is -2.59. The van der Waals surface area contributed by atoms with Crippen molar-refractivity contribution in [1.82, 2.24) is 0 Å². The van der Waals surface area contributed by atoms with Crippen molar-refractivity contribution in [3.8, 4) is 5.75 Å². The number of aliphatic hydroxyl groups is 1. The van der Waals surface area contributed by atoms with Gasteiger partial charge in [0.15, 0.2) is 5.60 Å². The quantitative estimate of drug-likeness (QED) is 0.179. The number of aliphatic hydroxyl groups excluding tert-OH is 1. The molecule has 2 saturated heterocycles. The van der Waals surface area contributed by atoms with Gasteiger partial charge in [-0.05, 0) is 62.8 Å². The number of carbonyl (C=O) groups is 2. The highest BCUT2D eigenvalue weighted by molar-refractivity contribution is 9.10. The first-order valence-corrected chi connectivity index (χ1v) is 15.8. The van der Waals surface area contributed by atoms with Gasteiger partial charge in [-0.1, -0.05) is 43.6 Å². The molecule has 0 unspecified atom stereocenters. The maximum Gasteiger partial charge on any atom is 0.334 e. The standard InChI is InChI=1S/C32H45BrO11/c1-17(8-11-23(39-7)21-12-20(35)9-10-22(21)33)29-18(2)25-15-32(43-29)30(4,5)16-31(6,44-38)26(42-32)14-28(37)40-24(19(3)34)13-27(36)41-25/h9-10,12,14,17-19,23-25,29,34-35,38H,8,11,13,15-16H2,1-7H3/b26-14+/t17-,18-,19+,23-,24+,25-,29+,31-,32+/m0/s1. The number of carbonyl (C=O) groups excluding carboxylic acids is 2. The van der Waals surface area contributed by atoms with Gasteiger partial charge in [0.25, 0.3) is 0 Å². The first kappa shape index (κ1) is 34.6. The van der Waals surface area contributed by atoms with Crippen LogP contribution in [-0.4, -0.2) is 70.3 Å². The predicted octanol–water partition coefficient (Wildman–Crippen LogP) is 5.57. The highest BCUT2D eigenvalue weighted by atomic mass is 79.9. The first-order valence-electron chi connectivity index (χ1n) is 15.1. The summed E-state index contributed by atoms with van der Waals surface area (Å²) >= 11 is 3.56. The summed E-state index contributed by atoms with van der Waals surface area (Å²) in [4.78, 5) is 31.1. The van der Waals surface area contributed by atoms with E-state index in [2.05, 4.69) is 22.9 Å². The molecule has 3 aliphatic rings. The molecule has 44 heavy (non-hydrogen) atoms. The molecule has 3 N–H and O–H groups in total. The number of methoxy groups -OCH3 is 1. The largest absolute Gasteiger partial charge is 0.508 e. The number of cyclic esters (lactones) is 1. The average Bonchev–Trinajstić information content (AvgIpc) is 2.94. The summed E-state index contributed by atoms with van der Waals surface area (Å²) in [5.41, 5.74) is -1.37. The van der Waals surface area contributed by atoms with E-state index in [-0.39, 0.29) is 48.7 Å². The monoisotopic (exact) mass is 684 g/mol. The van der Waals surface area contributed by atoms with Crippen LogP contribution in [0.3, 0.4) is 0 Å². The normalized spacial score (nSPS) is 35.4. The van der Waals surface area contributed by atoms with E-state index in [0.29, 0.717) is 12.8 Å². The molecule has 0 aromatic heterocycles. The van der Waals surface area contributed by atoms with Crippen LogP contribution in [0.15, 0.2) is 34.5 Å². The Morgan fingerprint density at radius 3 is 2.48 bits per heavy atom. The van der Waals surface area contributed by atoms with Gasteiger partial charge in [0, 0.05) is 22.9 Å². The van der Waals surface area contributed by atoms with E-state index in [9.17, 15) is 25.1 Å². The number of hydrogen-bond acceptors (Lipinski definition) is 11. The maximum absolute atomic E-state index is 13.2. The third kappa shape index (κ3) is 6.95. The minimum absolute atomic E-state index is 0.00783. The Balaban J connectivity index is 1.70. The van der Waals surface area contributed by atoms with E-state index in [0.717, 1.165) is 16.1 Å². The summed E-state index contributed by atoms with van der Waals surface area (Å²) in [6.07, 6.45) is -1.30. The van der Waals surface area contributed by atoms with Crippen molar-refractivity contribution in [2.24, 2.45) is 17.3 Å². The van der Waals surface area contributed by atoms with Crippen molar-refractivity contribution in [3.63, 3.8) is 0 Å². The van der Waals surface area contributed by atoms with Gasteiger partial charge in [0.05, 0.1) is 37.2 Å². The summed E-state index contributed by atoms with van der Waals surface area (Å²) < 4.78 is 31.6. The van der Waals surface area contributed by atoms with Gasteiger partial charge in [-0.2, -0.15) is 0 Å². The number of halogens is 1. The third-order valence-corrected chi connectivity index (χ3v) is 10.2. The van der Waals surface area contributed by atoms with E-state index in [1.807, 2.05) is 20.8 Å². The van der Waals surface area contributed by atoms with Crippen LogP contribution in [-0.2, 0) is 38.2 Å². The molecule has 3 heterocycles. The van der Waals surface area contributed by atoms with Crippen molar-refractivity contribution in [3.05, 3.63) is 40.1 Å². The van der Waals surface area contributed by atoms with Crippen LogP contribution in [0.5, 0.6) is 5.75 Å². The lowest BCUT2D eigenvalue weighted by molar-refractivity contribution is -0.403. The van der Waals surface area contributed by atoms with Crippen LogP contribution >= 0.6 is 15.9 Å². The van der Waals surface area contributed by atoms with E-state index >= 15 is 0 Å². The molecule has 9 atom stereocenters. The van der Waals surface area contributed by atoms with Gasteiger partial charge in [-0.3, -0.25) is 10.1 Å². The fourth-order valence-corrected chi connectivity index (χ4v) is 7.31. The van der Waals surface area contributed by atoms with E-state index in [4.69, 9.17) is 28.6 Å². The van der Waals surface area contributed by atoms with Gasteiger partial charge >= 0.3 is 11.9 Å². The van der Waals surface area contributed by atoms with Gasteiger partial charge in [0.2, 0.25) is 5.79 Å². The number of phenolic OH excluding ortho intramolecular Hbond substituents is 1. The van der Waals surface area contributed by atoms with Crippen molar-refractivity contribution in [2.45, 2.75) is 116 Å². The number of esters is 2. The number of ether oxygens (including phenoxy) is 5. The Morgan fingerprint density at radius 2 is 1.84 bits per heavy atom. The minimum atomic E-state index is -1.40. The Morgan fingerprint density at radius 1 is 1.14 bits per heavy atom. The predicted molar refractivity (Wildman–Crippen MR) is 161 cm³/mol. The highest BCUT2D eigenvalue weighted by Gasteiger charge is 2.64. The van der Waals surface area contributed by atoms with Gasteiger partial charge in [0.1, 0.15) is 23.7 Å². The van der Waals surface area contributed by atoms with Gasteiger partial charge < -0.3 is 33.9 Å². The Kier molecular flexibility index (Phi) is 10.4. The molecule has 12 heteroatoms. The number of rotatable bonds is 8. The van der Waals surface area contributed by atoms with Gasteiger partial charge in [-0.25, -0.2) is 9.68 Å². The summed E-state index contributed by atoms with van der Waals surface area (Å²) in [5.74, 6) is -3.01. The summed E-state index contributed by atoms with van der Waals surface area (Å²) in [5, 5.41) is 30.3. The van der Waals surface area contributed by atoms with Crippen LogP contribution in [0.25, 0.3) is 0 Å². The van der Waals surface area contributed by atoms with Gasteiger partial charge in [-0.15, -0.1) is 0 Å². The molecule has 2 fully saturated rings. The molecule has 4 rings (SSSR count). The van der Waals surface area contributed by atoms with Crippen molar-refractivity contribution < 1.29 is 53.6 Å². The molecule has 246 valence electrons. The van der Waals surface area contributed by atoms with Crippen molar-refractivity contribution in [2.75, 3.05) is 7.11 Å². The lowest BCUT2D eigenvalue weighted by Crippen LogP contribution is -2.65. The number of phenols is 1. The average molecular weight is 686 g/mol. The number of fused-ring (bicyclic) bond motifs is 2. The van der Waals surface area contributed by atoms with Crippen LogP contribution in [0, 0.1) is 17.3 Å². The Labute approximate surface area is 266 Å². The minimum Gasteiger partial charge on any atom is -0.508 e. The number of hydrogen-bond donors (Lipinski definition) is 3. The molecule has 1 aromatic rings. The smallest absolute Gasteiger partial charge is 0.334 e. The Bertz CT molecular complexity index is 1250. The molecule has 3 bridgehead atoms. The Hall–Kier alpha value is -2.22. The molecule has 0 saturated carbocycles.